The Labute approximate surface area is 42.8 Å². The monoisotopic (exact) mass is 106 g/mol. The van der Waals surface area contributed by atoms with Crippen LogP contribution in [0, 0.1) is 0 Å². The minimum atomic E-state index is -0.139. The largest absolute Gasteiger partial charge is 0.393 e. The first-order chi connectivity index (χ1) is 2.77. The van der Waals surface area contributed by atoms with Crippen molar-refractivity contribution in [3.05, 3.63) is 0 Å². The van der Waals surface area contributed by atoms with Crippen LogP contribution in [0.4, 0.5) is 0 Å². The van der Waals surface area contributed by atoms with E-state index in [0.717, 1.165) is 5.75 Å². The van der Waals surface area contributed by atoms with Crippen molar-refractivity contribution in [1.82, 2.24) is 0 Å². The summed E-state index contributed by atoms with van der Waals surface area (Å²) >= 11 is 1.66. The molecule has 0 unspecified atom stereocenters. The van der Waals surface area contributed by atoms with E-state index in [9.17, 15) is 0 Å². The highest BCUT2D eigenvalue weighted by molar-refractivity contribution is 7.98. The summed E-state index contributed by atoms with van der Waals surface area (Å²) in [6.45, 7) is 1.79. The van der Waals surface area contributed by atoms with Gasteiger partial charge in [-0.3, -0.25) is 0 Å². The summed E-state index contributed by atoms with van der Waals surface area (Å²) in [6, 6.07) is 0. The lowest BCUT2D eigenvalue weighted by molar-refractivity contribution is 0.220. The maximum atomic E-state index is 8.53. The van der Waals surface area contributed by atoms with Crippen LogP contribution in [0.3, 0.4) is 0 Å². The smallest absolute Gasteiger partial charge is 0.0602 e. The fraction of sp³-hybridized carbons (Fsp3) is 1.00. The predicted molar refractivity (Wildman–Crippen MR) is 30.1 cm³/mol. The Hall–Kier alpha value is 0.310. The lowest BCUT2D eigenvalue weighted by atomic mass is 10.5. The Morgan fingerprint density at radius 3 is 2.33 bits per heavy atom. The first-order valence-electron chi connectivity index (χ1n) is 1.94. The fourth-order valence-corrected chi connectivity index (χ4v) is 0.724. The number of hydrogen-bond donors (Lipinski definition) is 1. The molecule has 1 N–H and O–H groups in total. The molecule has 38 valence electrons. The summed E-state index contributed by atoms with van der Waals surface area (Å²) in [5, 5.41) is 8.53. The van der Waals surface area contributed by atoms with Gasteiger partial charge in [-0.15, -0.1) is 0 Å². The second-order valence-corrected chi connectivity index (χ2v) is 2.22. The summed E-state index contributed by atoms with van der Waals surface area (Å²) in [5.74, 6) is 0.847. The zero-order valence-corrected chi connectivity index (χ0v) is 4.96. The molecule has 0 aromatic heterocycles. The first kappa shape index (κ1) is 6.31. The van der Waals surface area contributed by atoms with E-state index in [-0.39, 0.29) is 6.10 Å². The fourth-order valence-electron chi connectivity index (χ4n) is 0.241. The zero-order chi connectivity index (χ0) is 4.99. The van der Waals surface area contributed by atoms with Crippen LogP contribution in [-0.2, 0) is 0 Å². The molecule has 6 heavy (non-hydrogen) atoms. The van der Waals surface area contributed by atoms with Crippen molar-refractivity contribution in [2.24, 2.45) is 0 Å². The minimum absolute atomic E-state index is 0.139. The van der Waals surface area contributed by atoms with E-state index in [1.165, 1.54) is 0 Å². The lowest BCUT2D eigenvalue weighted by Gasteiger charge is -1.95. The third-order valence-electron chi connectivity index (χ3n) is 0.408. The Bertz CT molecular complexity index is 28.7. The molecule has 0 bridgehead atoms. The van der Waals surface area contributed by atoms with Gasteiger partial charge in [0.1, 0.15) is 0 Å². The molecule has 0 aliphatic rings. The molecule has 2 heteroatoms. The number of hydrogen-bond acceptors (Lipinski definition) is 2. The Balaban J connectivity index is 2.63. The van der Waals surface area contributed by atoms with Gasteiger partial charge in [0.2, 0.25) is 0 Å². The van der Waals surface area contributed by atoms with E-state index in [4.69, 9.17) is 5.11 Å². The van der Waals surface area contributed by atoms with E-state index in [0.29, 0.717) is 0 Å². The standard InChI is InChI=1S/C4H10OS/c1-4(5)3-6-2/h4-5H,3H2,1-2H3/t4-/m1/s1. The van der Waals surface area contributed by atoms with Crippen molar-refractivity contribution in [2.75, 3.05) is 12.0 Å². The van der Waals surface area contributed by atoms with Crippen molar-refractivity contribution in [3.63, 3.8) is 0 Å². The zero-order valence-electron chi connectivity index (χ0n) is 4.14. The van der Waals surface area contributed by atoms with E-state index in [1.807, 2.05) is 6.26 Å². The highest BCUT2D eigenvalue weighted by Gasteiger charge is 1.87. The number of aliphatic hydroxyl groups is 1. The van der Waals surface area contributed by atoms with Crippen LogP contribution in [0.25, 0.3) is 0 Å². The molecule has 1 nitrogen and oxygen atoms in total. The van der Waals surface area contributed by atoms with Gasteiger partial charge in [0, 0.05) is 5.75 Å². The minimum Gasteiger partial charge on any atom is -0.393 e. The topological polar surface area (TPSA) is 20.2 Å². The van der Waals surface area contributed by atoms with E-state index in [1.54, 1.807) is 18.7 Å². The maximum Gasteiger partial charge on any atom is 0.0602 e. The molecule has 0 spiro atoms. The lowest BCUT2D eigenvalue weighted by Crippen LogP contribution is -2.01. The van der Waals surface area contributed by atoms with Crippen LogP contribution in [0.15, 0.2) is 0 Å². The predicted octanol–water partition coefficient (Wildman–Crippen LogP) is 0.730. The number of aliphatic hydroxyl groups excluding tert-OH is 1. The SMILES string of the molecule is CSC[C@@H](C)O. The summed E-state index contributed by atoms with van der Waals surface area (Å²) in [6.07, 6.45) is 1.84. The third-order valence-corrected chi connectivity index (χ3v) is 1.22. The van der Waals surface area contributed by atoms with Crippen molar-refractivity contribution in [1.29, 1.82) is 0 Å². The molecule has 0 aliphatic carbocycles. The number of thioether (sulfide) groups is 1. The van der Waals surface area contributed by atoms with Gasteiger partial charge in [0.05, 0.1) is 6.10 Å². The van der Waals surface area contributed by atoms with Crippen LogP contribution < -0.4 is 0 Å². The average Bonchev–Trinajstić information content (AvgIpc) is 1.35. The Kier molecular flexibility index (Phi) is 3.68. The van der Waals surface area contributed by atoms with E-state index >= 15 is 0 Å². The quantitative estimate of drug-likeness (QED) is 0.560. The molecule has 0 saturated carbocycles. The van der Waals surface area contributed by atoms with Gasteiger partial charge in [-0.05, 0) is 13.2 Å². The second kappa shape index (κ2) is 3.50. The van der Waals surface area contributed by atoms with Crippen molar-refractivity contribution in [3.8, 4) is 0 Å². The van der Waals surface area contributed by atoms with Gasteiger partial charge in [0.25, 0.3) is 0 Å². The van der Waals surface area contributed by atoms with Gasteiger partial charge in [-0.2, -0.15) is 11.8 Å². The highest BCUT2D eigenvalue weighted by atomic mass is 32.2. The summed E-state index contributed by atoms with van der Waals surface area (Å²) in [7, 11) is 0. The van der Waals surface area contributed by atoms with Gasteiger partial charge in [-0.1, -0.05) is 0 Å². The maximum absolute atomic E-state index is 8.53. The van der Waals surface area contributed by atoms with Gasteiger partial charge < -0.3 is 5.11 Å². The molecular formula is C4H10OS. The molecule has 0 saturated heterocycles. The Morgan fingerprint density at radius 2 is 2.33 bits per heavy atom. The molecular weight excluding hydrogens is 96.1 g/mol. The highest BCUT2D eigenvalue weighted by Crippen LogP contribution is 1.93. The first-order valence-corrected chi connectivity index (χ1v) is 3.33. The van der Waals surface area contributed by atoms with Gasteiger partial charge in [-0.25, -0.2) is 0 Å². The molecule has 0 amide bonds. The molecule has 0 aliphatic heterocycles. The molecule has 0 radical (unpaired) electrons. The molecule has 0 rings (SSSR count). The molecule has 0 fully saturated rings. The van der Waals surface area contributed by atoms with E-state index in [2.05, 4.69) is 0 Å². The van der Waals surface area contributed by atoms with Gasteiger partial charge >= 0.3 is 0 Å². The van der Waals surface area contributed by atoms with E-state index < -0.39 is 0 Å². The average molecular weight is 106 g/mol. The third kappa shape index (κ3) is 4.31. The molecule has 0 aromatic carbocycles. The molecule has 0 heterocycles. The number of rotatable bonds is 2. The van der Waals surface area contributed by atoms with Crippen LogP contribution in [0.2, 0.25) is 0 Å². The van der Waals surface area contributed by atoms with Crippen LogP contribution in [0.5, 0.6) is 0 Å². The van der Waals surface area contributed by atoms with Crippen molar-refractivity contribution < 1.29 is 5.11 Å². The summed E-state index contributed by atoms with van der Waals surface area (Å²) < 4.78 is 0. The summed E-state index contributed by atoms with van der Waals surface area (Å²) in [4.78, 5) is 0. The summed E-state index contributed by atoms with van der Waals surface area (Å²) in [5.41, 5.74) is 0. The molecule has 1 atom stereocenters. The normalized spacial score (nSPS) is 14.5. The van der Waals surface area contributed by atoms with Crippen LogP contribution >= 0.6 is 11.8 Å². The Morgan fingerprint density at radius 1 is 1.83 bits per heavy atom. The second-order valence-electron chi connectivity index (χ2n) is 1.30. The van der Waals surface area contributed by atoms with Gasteiger partial charge in [0.15, 0.2) is 0 Å². The van der Waals surface area contributed by atoms with Crippen molar-refractivity contribution >= 4 is 11.8 Å². The van der Waals surface area contributed by atoms with Crippen molar-refractivity contribution in [2.45, 2.75) is 13.0 Å². The molecule has 0 aromatic rings. The van der Waals surface area contributed by atoms with Crippen LogP contribution in [-0.4, -0.2) is 23.2 Å². The van der Waals surface area contributed by atoms with Crippen LogP contribution in [0.1, 0.15) is 6.92 Å².